The van der Waals surface area contributed by atoms with Gasteiger partial charge in [-0.15, -0.1) is 0 Å². The number of amides is 1. The first-order chi connectivity index (χ1) is 11.6. The van der Waals surface area contributed by atoms with Gasteiger partial charge in [0.05, 0.1) is 6.04 Å². The molecule has 1 aliphatic rings. The molecule has 1 fully saturated rings. The van der Waals surface area contributed by atoms with Crippen molar-refractivity contribution in [3.05, 3.63) is 54.1 Å². The summed E-state index contributed by atoms with van der Waals surface area (Å²) >= 11 is 0. The molecule has 0 radical (unpaired) electrons. The third-order valence-corrected chi connectivity index (χ3v) is 4.83. The molecule has 2 aromatic rings. The molecule has 5 heteroatoms. The second-order valence-electron chi connectivity index (χ2n) is 6.74. The number of aromatic nitrogens is 2. The minimum atomic E-state index is -0.228. The SMILES string of the molecule is Cc1nccn1[C@@H]1CCCN(C(=O)[C@@H](c2ccccc2)N(C)C)C1. The van der Waals surface area contributed by atoms with Crippen molar-refractivity contribution in [1.82, 2.24) is 19.4 Å². The van der Waals surface area contributed by atoms with Crippen molar-refractivity contribution in [2.24, 2.45) is 0 Å². The molecule has 1 aromatic heterocycles. The summed E-state index contributed by atoms with van der Waals surface area (Å²) in [6.07, 6.45) is 5.99. The highest BCUT2D eigenvalue weighted by molar-refractivity contribution is 5.83. The Hall–Kier alpha value is -2.14. The van der Waals surface area contributed by atoms with Crippen LogP contribution >= 0.6 is 0 Å². The fourth-order valence-corrected chi connectivity index (χ4v) is 3.63. The molecule has 2 atom stereocenters. The van der Waals surface area contributed by atoms with Gasteiger partial charge in [-0.3, -0.25) is 9.69 Å². The summed E-state index contributed by atoms with van der Waals surface area (Å²) in [6.45, 7) is 3.61. The average molecular weight is 326 g/mol. The molecule has 1 aromatic carbocycles. The molecule has 1 amide bonds. The third-order valence-electron chi connectivity index (χ3n) is 4.83. The zero-order valence-corrected chi connectivity index (χ0v) is 14.7. The van der Waals surface area contributed by atoms with E-state index >= 15 is 0 Å². The smallest absolute Gasteiger partial charge is 0.244 e. The summed E-state index contributed by atoms with van der Waals surface area (Å²) in [4.78, 5) is 21.5. The van der Waals surface area contributed by atoms with Crippen molar-refractivity contribution in [3.63, 3.8) is 0 Å². The van der Waals surface area contributed by atoms with Crippen LogP contribution in [0.2, 0.25) is 0 Å². The molecular weight excluding hydrogens is 300 g/mol. The van der Waals surface area contributed by atoms with Gasteiger partial charge in [0, 0.05) is 25.5 Å². The van der Waals surface area contributed by atoms with Crippen LogP contribution in [0.15, 0.2) is 42.7 Å². The van der Waals surface area contributed by atoms with E-state index in [1.54, 1.807) is 0 Å². The van der Waals surface area contributed by atoms with Crippen LogP contribution in [0.5, 0.6) is 0 Å². The number of piperidine rings is 1. The van der Waals surface area contributed by atoms with Crippen LogP contribution in [-0.4, -0.2) is 52.4 Å². The number of likely N-dealkylation sites (tertiary alicyclic amines) is 1. The lowest BCUT2D eigenvalue weighted by Gasteiger charge is -2.37. The monoisotopic (exact) mass is 326 g/mol. The zero-order chi connectivity index (χ0) is 17.1. The molecule has 5 nitrogen and oxygen atoms in total. The Kier molecular flexibility index (Phi) is 5.00. The van der Waals surface area contributed by atoms with Crippen molar-refractivity contribution >= 4 is 5.91 Å². The number of carbonyl (C=O) groups excluding carboxylic acids is 1. The highest BCUT2D eigenvalue weighted by Gasteiger charge is 2.31. The van der Waals surface area contributed by atoms with E-state index in [9.17, 15) is 4.79 Å². The number of likely N-dealkylation sites (N-methyl/N-ethyl adjacent to an activating group) is 1. The first kappa shape index (κ1) is 16.7. The molecule has 2 heterocycles. The summed E-state index contributed by atoms with van der Waals surface area (Å²) in [6, 6.07) is 10.1. The molecule has 0 N–H and O–H groups in total. The molecule has 3 rings (SSSR count). The van der Waals surface area contributed by atoms with Gasteiger partial charge < -0.3 is 9.47 Å². The predicted octanol–water partition coefficient (Wildman–Crippen LogP) is 2.66. The minimum absolute atomic E-state index is 0.189. The Morgan fingerprint density at radius 3 is 2.67 bits per heavy atom. The van der Waals surface area contributed by atoms with Crippen molar-refractivity contribution in [3.8, 4) is 0 Å². The van der Waals surface area contributed by atoms with Gasteiger partial charge in [0.25, 0.3) is 0 Å². The maximum Gasteiger partial charge on any atom is 0.244 e. The van der Waals surface area contributed by atoms with Gasteiger partial charge in [-0.25, -0.2) is 4.98 Å². The van der Waals surface area contributed by atoms with E-state index in [4.69, 9.17) is 0 Å². The van der Waals surface area contributed by atoms with E-state index in [1.807, 2.05) is 73.5 Å². The number of rotatable bonds is 4. The van der Waals surface area contributed by atoms with Gasteiger partial charge in [0.1, 0.15) is 11.9 Å². The fourth-order valence-electron chi connectivity index (χ4n) is 3.63. The first-order valence-electron chi connectivity index (χ1n) is 8.57. The van der Waals surface area contributed by atoms with E-state index in [-0.39, 0.29) is 11.9 Å². The Balaban J connectivity index is 1.79. The summed E-state index contributed by atoms with van der Waals surface area (Å²) in [5, 5.41) is 0. The summed E-state index contributed by atoms with van der Waals surface area (Å²) < 4.78 is 2.20. The topological polar surface area (TPSA) is 41.4 Å². The van der Waals surface area contributed by atoms with Crippen molar-refractivity contribution in [2.45, 2.75) is 31.8 Å². The molecule has 0 bridgehead atoms. The van der Waals surface area contributed by atoms with Gasteiger partial charge in [0.15, 0.2) is 0 Å². The van der Waals surface area contributed by atoms with Crippen LogP contribution in [0, 0.1) is 6.92 Å². The van der Waals surface area contributed by atoms with Crippen LogP contribution < -0.4 is 0 Å². The summed E-state index contributed by atoms with van der Waals surface area (Å²) in [5.41, 5.74) is 1.05. The Bertz CT molecular complexity index is 680. The van der Waals surface area contributed by atoms with Crippen LogP contribution in [-0.2, 0) is 4.79 Å². The van der Waals surface area contributed by atoms with E-state index in [0.29, 0.717) is 6.04 Å². The van der Waals surface area contributed by atoms with Crippen LogP contribution in [0.3, 0.4) is 0 Å². The number of aryl methyl sites for hydroxylation is 1. The molecule has 24 heavy (non-hydrogen) atoms. The van der Waals surface area contributed by atoms with Crippen molar-refractivity contribution < 1.29 is 4.79 Å². The Labute approximate surface area is 143 Å². The van der Waals surface area contributed by atoms with Gasteiger partial charge in [-0.05, 0) is 39.4 Å². The summed E-state index contributed by atoms with van der Waals surface area (Å²) in [5.74, 6) is 1.20. The first-order valence-corrected chi connectivity index (χ1v) is 8.57. The second kappa shape index (κ2) is 7.18. The quantitative estimate of drug-likeness (QED) is 0.867. The van der Waals surface area contributed by atoms with E-state index in [0.717, 1.165) is 37.3 Å². The van der Waals surface area contributed by atoms with Crippen LogP contribution in [0.4, 0.5) is 0 Å². The highest BCUT2D eigenvalue weighted by Crippen LogP contribution is 2.27. The minimum Gasteiger partial charge on any atom is -0.339 e. The van der Waals surface area contributed by atoms with E-state index < -0.39 is 0 Å². The van der Waals surface area contributed by atoms with Gasteiger partial charge in [-0.1, -0.05) is 30.3 Å². The van der Waals surface area contributed by atoms with Crippen molar-refractivity contribution in [2.75, 3.05) is 27.2 Å². The zero-order valence-electron chi connectivity index (χ0n) is 14.7. The number of nitrogens with zero attached hydrogens (tertiary/aromatic N) is 4. The van der Waals surface area contributed by atoms with Crippen LogP contribution in [0.1, 0.15) is 36.3 Å². The number of carbonyl (C=O) groups is 1. The van der Waals surface area contributed by atoms with E-state index in [1.165, 1.54) is 0 Å². The highest BCUT2D eigenvalue weighted by atomic mass is 16.2. The molecule has 0 aliphatic carbocycles. The van der Waals surface area contributed by atoms with Gasteiger partial charge in [0.2, 0.25) is 5.91 Å². The standard InChI is InChI=1S/C19H26N4O/c1-15-20-11-13-23(15)17-10-7-12-22(14-17)19(24)18(21(2)3)16-8-5-4-6-9-16/h4-6,8-9,11,13,17-18H,7,10,12,14H2,1-3H3/t17-,18-/m1/s1. The molecule has 1 saturated heterocycles. The third kappa shape index (κ3) is 3.36. The number of benzene rings is 1. The van der Waals surface area contributed by atoms with Gasteiger partial charge in [-0.2, -0.15) is 0 Å². The average Bonchev–Trinajstić information content (AvgIpc) is 3.02. The Morgan fingerprint density at radius 2 is 2.04 bits per heavy atom. The lowest BCUT2D eigenvalue weighted by atomic mass is 10.0. The normalized spacial score (nSPS) is 19.5. The molecule has 0 spiro atoms. The van der Waals surface area contributed by atoms with Crippen molar-refractivity contribution in [1.29, 1.82) is 0 Å². The number of hydrogen-bond donors (Lipinski definition) is 0. The van der Waals surface area contributed by atoms with Crippen LogP contribution in [0.25, 0.3) is 0 Å². The maximum atomic E-state index is 13.2. The predicted molar refractivity (Wildman–Crippen MR) is 94.7 cm³/mol. The number of hydrogen-bond acceptors (Lipinski definition) is 3. The number of imidazole rings is 1. The molecule has 1 aliphatic heterocycles. The molecule has 0 unspecified atom stereocenters. The Morgan fingerprint density at radius 1 is 1.29 bits per heavy atom. The van der Waals surface area contributed by atoms with E-state index in [2.05, 4.69) is 9.55 Å². The lowest BCUT2D eigenvalue weighted by molar-refractivity contribution is -0.138. The molecule has 128 valence electrons. The summed E-state index contributed by atoms with van der Waals surface area (Å²) in [7, 11) is 3.94. The lowest BCUT2D eigenvalue weighted by Crippen LogP contribution is -2.46. The largest absolute Gasteiger partial charge is 0.339 e. The van der Waals surface area contributed by atoms with Gasteiger partial charge >= 0.3 is 0 Å². The molecular formula is C19H26N4O. The second-order valence-corrected chi connectivity index (χ2v) is 6.74. The fraction of sp³-hybridized carbons (Fsp3) is 0.474. The molecule has 0 saturated carbocycles. The maximum absolute atomic E-state index is 13.2.